The Morgan fingerprint density at radius 2 is 2.25 bits per heavy atom. The maximum Gasteiger partial charge on any atom is 0.0641 e. The van der Waals surface area contributed by atoms with Gasteiger partial charge >= 0.3 is 0 Å². The van der Waals surface area contributed by atoms with Gasteiger partial charge in [0.25, 0.3) is 0 Å². The Hall–Kier alpha value is -1.34. The second-order valence-corrected chi connectivity index (χ2v) is 4.08. The van der Waals surface area contributed by atoms with Gasteiger partial charge in [-0.05, 0) is 39.3 Å². The molecule has 1 aromatic rings. The number of hydrogen-bond acceptors (Lipinski definition) is 3. The molecule has 4 nitrogen and oxygen atoms in total. The molecule has 0 saturated heterocycles. The molecular formula is C12H20N4. The van der Waals surface area contributed by atoms with E-state index in [1.165, 1.54) is 0 Å². The highest BCUT2D eigenvalue weighted by molar-refractivity contribution is 4.83. The molecule has 0 spiro atoms. The van der Waals surface area contributed by atoms with E-state index in [9.17, 15) is 0 Å². The first kappa shape index (κ1) is 12.7. The normalized spacial score (nSPS) is 14.3. The predicted molar refractivity (Wildman–Crippen MR) is 63.9 cm³/mol. The summed E-state index contributed by atoms with van der Waals surface area (Å²) in [5.41, 5.74) is 0. The molecule has 88 valence electrons. The minimum Gasteiger partial charge on any atom is -0.312 e. The van der Waals surface area contributed by atoms with Crippen LogP contribution in [0.15, 0.2) is 18.5 Å². The predicted octanol–water partition coefficient (Wildman–Crippen LogP) is 2.12. The van der Waals surface area contributed by atoms with Gasteiger partial charge in [0.15, 0.2) is 0 Å². The van der Waals surface area contributed by atoms with Gasteiger partial charge in [0.05, 0.1) is 12.1 Å². The van der Waals surface area contributed by atoms with Gasteiger partial charge in [-0.3, -0.25) is 4.68 Å². The molecule has 0 aliphatic carbocycles. The summed E-state index contributed by atoms with van der Waals surface area (Å²) in [7, 11) is 0. The van der Waals surface area contributed by atoms with E-state index in [1.54, 1.807) is 6.20 Å². The van der Waals surface area contributed by atoms with Crippen molar-refractivity contribution in [3.8, 4) is 6.07 Å². The Morgan fingerprint density at radius 1 is 1.44 bits per heavy atom. The van der Waals surface area contributed by atoms with Crippen LogP contribution in [0.5, 0.6) is 0 Å². The van der Waals surface area contributed by atoms with Crippen molar-refractivity contribution < 1.29 is 0 Å². The van der Waals surface area contributed by atoms with Crippen LogP contribution in [0.4, 0.5) is 0 Å². The number of aromatic nitrogens is 2. The van der Waals surface area contributed by atoms with Gasteiger partial charge in [0.1, 0.15) is 0 Å². The zero-order chi connectivity index (χ0) is 11.8. The topological polar surface area (TPSA) is 53.6 Å². The quantitative estimate of drug-likeness (QED) is 0.716. The lowest BCUT2D eigenvalue weighted by Gasteiger charge is -2.21. The van der Waals surface area contributed by atoms with Crippen molar-refractivity contribution in [1.29, 1.82) is 5.26 Å². The van der Waals surface area contributed by atoms with Crippen LogP contribution >= 0.6 is 0 Å². The summed E-state index contributed by atoms with van der Waals surface area (Å²) in [5.74, 6) is 0. The van der Waals surface area contributed by atoms with Gasteiger partial charge in [0, 0.05) is 24.9 Å². The lowest BCUT2D eigenvalue weighted by atomic mass is 10.1. The van der Waals surface area contributed by atoms with Gasteiger partial charge in [-0.25, -0.2) is 0 Å². The highest BCUT2D eigenvalue weighted by Gasteiger charge is 2.12. The number of nitrogens with zero attached hydrogens (tertiary/aromatic N) is 3. The molecule has 0 aromatic carbocycles. The molecule has 1 aromatic heterocycles. The molecule has 16 heavy (non-hydrogen) atoms. The number of nitriles is 1. The SMILES string of the molecule is C[C@H](NCCCCC#N)[C@H](C)n1cccn1. The molecule has 4 heteroatoms. The molecule has 1 N–H and O–H groups in total. The highest BCUT2D eigenvalue weighted by Crippen LogP contribution is 2.08. The lowest BCUT2D eigenvalue weighted by molar-refractivity contribution is 0.364. The van der Waals surface area contributed by atoms with Crippen molar-refractivity contribution >= 4 is 0 Å². The largest absolute Gasteiger partial charge is 0.312 e. The average Bonchev–Trinajstić information content (AvgIpc) is 2.81. The first-order valence-electron chi connectivity index (χ1n) is 5.85. The molecule has 0 saturated carbocycles. The smallest absolute Gasteiger partial charge is 0.0641 e. The second-order valence-electron chi connectivity index (χ2n) is 4.08. The van der Waals surface area contributed by atoms with E-state index >= 15 is 0 Å². The van der Waals surface area contributed by atoms with Gasteiger partial charge in [0.2, 0.25) is 0 Å². The molecule has 0 aliphatic heterocycles. The third kappa shape index (κ3) is 4.03. The second kappa shape index (κ2) is 7.02. The number of hydrogen-bond donors (Lipinski definition) is 1. The van der Waals surface area contributed by atoms with E-state index < -0.39 is 0 Å². The molecule has 0 aliphatic rings. The minimum absolute atomic E-state index is 0.353. The fourth-order valence-corrected chi connectivity index (χ4v) is 1.58. The maximum absolute atomic E-state index is 8.41. The minimum atomic E-state index is 0.353. The zero-order valence-electron chi connectivity index (χ0n) is 10.1. The first-order valence-corrected chi connectivity index (χ1v) is 5.85. The zero-order valence-corrected chi connectivity index (χ0v) is 10.1. The van der Waals surface area contributed by atoms with E-state index in [0.717, 1.165) is 19.4 Å². The van der Waals surface area contributed by atoms with E-state index in [1.807, 2.05) is 16.9 Å². The van der Waals surface area contributed by atoms with Crippen LogP contribution in [0.25, 0.3) is 0 Å². The van der Waals surface area contributed by atoms with Crippen LogP contribution in [0.1, 0.15) is 39.2 Å². The van der Waals surface area contributed by atoms with Crippen molar-refractivity contribution in [3.63, 3.8) is 0 Å². The Labute approximate surface area is 97.3 Å². The van der Waals surface area contributed by atoms with Crippen LogP contribution in [-0.2, 0) is 0 Å². The molecule has 2 atom stereocenters. The molecule has 0 amide bonds. The van der Waals surface area contributed by atoms with E-state index in [0.29, 0.717) is 18.5 Å². The van der Waals surface area contributed by atoms with Gasteiger partial charge in [-0.1, -0.05) is 0 Å². The maximum atomic E-state index is 8.41. The van der Waals surface area contributed by atoms with Gasteiger partial charge < -0.3 is 5.32 Å². The van der Waals surface area contributed by atoms with Crippen LogP contribution in [0, 0.1) is 11.3 Å². The van der Waals surface area contributed by atoms with Crippen LogP contribution in [0.3, 0.4) is 0 Å². The molecule has 0 fully saturated rings. The van der Waals surface area contributed by atoms with Crippen LogP contribution in [0.2, 0.25) is 0 Å². The third-order valence-corrected chi connectivity index (χ3v) is 2.85. The lowest BCUT2D eigenvalue weighted by Crippen LogP contribution is -2.34. The van der Waals surface area contributed by atoms with Gasteiger partial charge in [-0.2, -0.15) is 10.4 Å². The molecule has 0 unspecified atom stereocenters. The fraction of sp³-hybridized carbons (Fsp3) is 0.667. The monoisotopic (exact) mass is 220 g/mol. The van der Waals surface area contributed by atoms with Crippen molar-refractivity contribution in [1.82, 2.24) is 15.1 Å². The Balaban J connectivity index is 2.20. The van der Waals surface area contributed by atoms with Crippen LogP contribution < -0.4 is 5.32 Å². The Kier molecular flexibility index (Phi) is 5.58. The summed E-state index contributed by atoms with van der Waals surface area (Å²) in [5, 5.41) is 16.1. The summed E-state index contributed by atoms with van der Waals surface area (Å²) < 4.78 is 1.97. The molecular weight excluding hydrogens is 200 g/mol. The van der Waals surface area contributed by atoms with E-state index in [-0.39, 0.29) is 0 Å². The molecule has 0 bridgehead atoms. The Morgan fingerprint density at radius 3 is 2.88 bits per heavy atom. The van der Waals surface area contributed by atoms with Crippen molar-refractivity contribution in [2.24, 2.45) is 0 Å². The number of rotatable bonds is 7. The van der Waals surface area contributed by atoms with E-state index in [4.69, 9.17) is 5.26 Å². The summed E-state index contributed by atoms with van der Waals surface area (Å²) >= 11 is 0. The van der Waals surface area contributed by atoms with Crippen molar-refractivity contribution in [3.05, 3.63) is 18.5 Å². The fourth-order valence-electron chi connectivity index (χ4n) is 1.58. The molecule has 1 heterocycles. The third-order valence-electron chi connectivity index (χ3n) is 2.85. The molecule has 0 radical (unpaired) electrons. The van der Waals surface area contributed by atoms with Crippen molar-refractivity contribution in [2.75, 3.05) is 6.54 Å². The summed E-state index contributed by atoms with van der Waals surface area (Å²) in [6.07, 6.45) is 6.48. The van der Waals surface area contributed by atoms with Crippen LogP contribution in [-0.4, -0.2) is 22.4 Å². The summed E-state index contributed by atoms with van der Waals surface area (Å²) in [6, 6.07) is 4.84. The summed E-state index contributed by atoms with van der Waals surface area (Å²) in [4.78, 5) is 0. The highest BCUT2D eigenvalue weighted by atomic mass is 15.3. The molecule has 1 rings (SSSR count). The average molecular weight is 220 g/mol. The number of unbranched alkanes of at least 4 members (excludes halogenated alkanes) is 2. The standard InChI is InChI=1S/C12H20N4/c1-11(14-8-5-3-4-7-13)12(2)16-10-6-9-15-16/h6,9-12,14H,3-5,8H2,1-2H3/t11-,12-/m0/s1. The summed E-state index contributed by atoms with van der Waals surface area (Å²) in [6.45, 7) is 5.28. The Bertz CT molecular complexity index is 312. The number of nitrogens with one attached hydrogen (secondary N) is 1. The first-order chi connectivity index (χ1) is 7.75. The van der Waals surface area contributed by atoms with E-state index in [2.05, 4.69) is 30.3 Å². The van der Waals surface area contributed by atoms with Crippen molar-refractivity contribution in [2.45, 2.75) is 45.2 Å². The van der Waals surface area contributed by atoms with Gasteiger partial charge in [-0.15, -0.1) is 0 Å².